The van der Waals surface area contributed by atoms with Gasteiger partial charge in [-0.15, -0.1) is 0 Å². The van der Waals surface area contributed by atoms with Crippen LogP contribution in [0.4, 0.5) is 0 Å². The molecule has 2 atom stereocenters. The summed E-state index contributed by atoms with van der Waals surface area (Å²) in [5.41, 5.74) is -1.05. The van der Waals surface area contributed by atoms with Crippen LogP contribution in [0.5, 0.6) is 0 Å². The van der Waals surface area contributed by atoms with Crippen molar-refractivity contribution in [1.29, 1.82) is 0 Å². The maximum Gasteiger partial charge on any atom is 0.128 e. The summed E-state index contributed by atoms with van der Waals surface area (Å²) in [5.74, 6) is 2.50. The van der Waals surface area contributed by atoms with Gasteiger partial charge in [0.2, 0.25) is 0 Å². The minimum absolute atomic E-state index is 0.108. The summed E-state index contributed by atoms with van der Waals surface area (Å²) in [4.78, 5) is 0. The molecular weight excluding hydrogens is 152 g/mol. The van der Waals surface area contributed by atoms with Gasteiger partial charge in [0.05, 0.1) is 0 Å². The second kappa shape index (κ2) is 5.05. The highest BCUT2D eigenvalue weighted by molar-refractivity contribution is 5.09. The molecule has 0 spiro atoms. The van der Waals surface area contributed by atoms with Crippen molar-refractivity contribution >= 4 is 0 Å². The molecule has 0 heterocycles. The molecule has 70 valence electrons. The Balaban J connectivity index is 4.02. The van der Waals surface area contributed by atoms with Crippen molar-refractivity contribution in [2.45, 2.75) is 45.6 Å². The second-order valence-corrected chi connectivity index (χ2v) is 3.43. The van der Waals surface area contributed by atoms with Crippen LogP contribution in [0.2, 0.25) is 0 Å². The molecular formula is C10H18O2. The molecule has 0 unspecified atom stereocenters. The molecule has 0 amide bonds. The lowest BCUT2D eigenvalue weighted by Crippen LogP contribution is -2.30. The van der Waals surface area contributed by atoms with E-state index in [1.807, 2.05) is 6.92 Å². The van der Waals surface area contributed by atoms with Crippen LogP contribution in [0.15, 0.2) is 0 Å². The highest BCUT2D eigenvalue weighted by Crippen LogP contribution is 2.21. The smallest absolute Gasteiger partial charge is 0.128 e. The Kier molecular flexibility index (Phi) is 4.77. The van der Waals surface area contributed by atoms with Crippen molar-refractivity contribution < 1.29 is 10.2 Å². The molecule has 0 radical (unpaired) electrons. The molecule has 0 saturated heterocycles. The minimum atomic E-state index is -1.05. The summed E-state index contributed by atoms with van der Waals surface area (Å²) >= 11 is 0. The highest BCUT2D eigenvalue weighted by Gasteiger charge is 2.25. The molecule has 0 aliphatic heterocycles. The van der Waals surface area contributed by atoms with Crippen molar-refractivity contribution in [2.24, 2.45) is 5.92 Å². The normalized spacial score (nSPS) is 17.3. The third kappa shape index (κ3) is 3.64. The van der Waals surface area contributed by atoms with Crippen LogP contribution >= 0.6 is 0 Å². The Morgan fingerprint density at radius 3 is 2.50 bits per heavy atom. The van der Waals surface area contributed by atoms with E-state index in [0.717, 1.165) is 19.3 Å². The number of aliphatic hydroxyl groups is 2. The zero-order valence-electron chi connectivity index (χ0n) is 8.09. The zero-order valence-corrected chi connectivity index (χ0v) is 8.09. The predicted octanol–water partition coefficient (Wildman–Crippen LogP) is 1.90. The Hall–Kier alpha value is -0.680. The van der Waals surface area contributed by atoms with Crippen molar-refractivity contribution in [3.63, 3.8) is 0 Å². The van der Waals surface area contributed by atoms with Crippen LogP contribution in [-0.2, 0) is 0 Å². The molecule has 0 rings (SSSR count). The van der Waals surface area contributed by atoms with Crippen molar-refractivity contribution in [2.75, 3.05) is 0 Å². The van der Waals surface area contributed by atoms with Gasteiger partial charge in [-0.25, -0.2) is 0 Å². The Morgan fingerprint density at radius 2 is 2.08 bits per heavy atom. The summed E-state index contributed by atoms with van der Waals surface area (Å²) in [6.07, 6.45) is 4.91. The SMILES string of the molecule is CCCC[C@H](C)[C@@](C)(O)C#CO. The Labute approximate surface area is 74.6 Å². The van der Waals surface area contributed by atoms with Crippen LogP contribution in [0.1, 0.15) is 40.0 Å². The monoisotopic (exact) mass is 170 g/mol. The largest absolute Gasteiger partial charge is 0.462 e. The van der Waals surface area contributed by atoms with Gasteiger partial charge in [-0.05, 0) is 25.2 Å². The van der Waals surface area contributed by atoms with E-state index < -0.39 is 5.60 Å². The van der Waals surface area contributed by atoms with Crippen LogP contribution in [0.3, 0.4) is 0 Å². The van der Waals surface area contributed by atoms with Gasteiger partial charge in [0.1, 0.15) is 11.7 Å². The number of unbranched alkanes of at least 4 members (excludes halogenated alkanes) is 1. The van der Waals surface area contributed by atoms with Gasteiger partial charge in [0, 0.05) is 0 Å². The van der Waals surface area contributed by atoms with Gasteiger partial charge in [0.15, 0.2) is 0 Å². The predicted molar refractivity (Wildman–Crippen MR) is 49.0 cm³/mol. The van der Waals surface area contributed by atoms with Gasteiger partial charge in [-0.2, -0.15) is 0 Å². The summed E-state index contributed by atoms with van der Waals surface area (Å²) in [6, 6.07) is 0. The van der Waals surface area contributed by atoms with Gasteiger partial charge in [-0.3, -0.25) is 0 Å². The average Bonchev–Trinajstić information content (AvgIpc) is 2.00. The molecule has 0 aliphatic rings. The first-order valence-electron chi connectivity index (χ1n) is 4.43. The molecule has 0 aromatic carbocycles. The van der Waals surface area contributed by atoms with Crippen molar-refractivity contribution in [3.8, 4) is 12.0 Å². The second-order valence-electron chi connectivity index (χ2n) is 3.43. The molecule has 12 heavy (non-hydrogen) atoms. The maximum atomic E-state index is 9.68. The van der Waals surface area contributed by atoms with Crippen LogP contribution in [-0.4, -0.2) is 15.8 Å². The molecule has 0 fully saturated rings. The number of hydrogen-bond acceptors (Lipinski definition) is 2. The van der Waals surface area contributed by atoms with Crippen molar-refractivity contribution in [3.05, 3.63) is 0 Å². The molecule has 2 N–H and O–H groups in total. The van der Waals surface area contributed by atoms with Gasteiger partial charge < -0.3 is 10.2 Å². The fraction of sp³-hybridized carbons (Fsp3) is 0.800. The van der Waals surface area contributed by atoms with E-state index in [0.29, 0.717) is 0 Å². The molecule has 0 aliphatic carbocycles. The fourth-order valence-corrected chi connectivity index (χ4v) is 1.03. The number of aliphatic hydroxyl groups excluding tert-OH is 1. The van der Waals surface area contributed by atoms with Crippen LogP contribution < -0.4 is 0 Å². The summed E-state index contributed by atoms with van der Waals surface area (Å²) < 4.78 is 0. The fourth-order valence-electron chi connectivity index (χ4n) is 1.03. The third-order valence-corrected chi connectivity index (χ3v) is 2.26. The van der Waals surface area contributed by atoms with E-state index in [1.165, 1.54) is 0 Å². The van der Waals surface area contributed by atoms with E-state index in [1.54, 1.807) is 13.0 Å². The Bertz CT molecular complexity index is 174. The first kappa shape index (κ1) is 11.3. The highest BCUT2D eigenvalue weighted by atomic mass is 16.3. The lowest BCUT2D eigenvalue weighted by Gasteiger charge is -2.24. The van der Waals surface area contributed by atoms with E-state index in [9.17, 15) is 5.11 Å². The number of hydrogen-bond donors (Lipinski definition) is 2. The lowest BCUT2D eigenvalue weighted by molar-refractivity contribution is 0.0584. The van der Waals surface area contributed by atoms with Crippen LogP contribution in [0, 0.1) is 17.9 Å². The quantitative estimate of drug-likeness (QED) is 0.633. The summed E-state index contributed by atoms with van der Waals surface area (Å²) in [6.45, 7) is 5.69. The lowest BCUT2D eigenvalue weighted by atomic mass is 9.87. The van der Waals surface area contributed by atoms with E-state index >= 15 is 0 Å². The van der Waals surface area contributed by atoms with Gasteiger partial charge >= 0.3 is 0 Å². The molecule has 2 heteroatoms. The average molecular weight is 170 g/mol. The van der Waals surface area contributed by atoms with E-state index in [-0.39, 0.29) is 5.92 Å². The van der Waals surface area contributed by atoms with E-state index in [2.05, 4.69) is 12.8 Å². The van der Waals surface area contributed by atoms with Crippen LogP contribution in [0.25, 0.3) is 0 Å². The molecule has 0 saturated carbocycles. The van der Waals surface area contributed by atoms with E-state index in [4.69, 9.17) is 5.11 Å². The molecule has 2 nitrogen and oxygen atoms in total. The van der Waals surface area contributed by atoms with Gasteiger partial charge in [-0.1, -0.05) is 26.7 Å². The first-order valence-corrected chi connectivity index (χ1v) is 4.43. The summed E-state index contributed by atoms with van der Waals surface area (Å²) in [5, 5.41) is 18.0. The van der Waals surface area contributed by atoms with Gasteiger partial charge in [0.25, 0.3) is 0 Å². The first-order chi connectivity index (χ1) is 5.54. The minimum Gasteiger partial charge on any atom is -0.462 e. The Morgan fingerprint density at radius 1 is 1.50 bits per heavy atom. The summed E-state index contributed by atoms with van der Waals surface area (Å²) in [7, 11) is 0. The third-order valence-electron chi connectivity index (χ3n) is 2.26. The standard InChI is InChI=1S/C10H18O2/c1-4-5-6-9(2)10(3,12)7-8-11/h9,11-12H,4-6H2,1-3H3/t9-,10-/m0/s1. The molecule has 0 aromatic heterocycles. The molecule has 0 aromatic rings. The zero-order chi connectivity index (χ0) is 9.61. The maximum absolute atomic E-state index is 9.68. The number of rotatable bonds is 4. The molecule has 0 bridgehead atoms. The topological polar surface area (TPSA) is 40.5 Å². The van der Waals surface area contributed by atoms with Crippen molar-refractivity contribution in [1.82, 2.24) is 0 Å².